The zero-order chi connectivity index (χ0) is 30.6. The maximum Gasteiger partial charge on any atom is 0.260 e. The van der Waals surface area contributed by atoms with Gasteiger partial charge < -0.3 is 14.2 Å². The molecule has 0 spiro atoms. The monoisotopic (exact) mass is 598 g/mol. The van der Waals surface area contributed by atoms with Crippen LogP contribution in [0.2, 0.25) is 0 Å². The Balaban J connectivity index is 1.27. The van der Waals surface area contributed by atoms with Gasteiger partial charge in [0.15, 0.2) is 11.5 Å². The minimum atomic E-state index is -0.137. The van der Waals surface area contributed by atoms with Crippen molar-refractivity contribution in [2.75, 3.05) is 0 Å². The van der Waals surface area contributed by atoms with Crippen molar-refractivity contribution >= 4 is 46.2 Å². The topological polar surface area (TPSA) is 27.7 Å². The zero-order valence-corrected chi connectivity index (χ0v) is 25.2. The van der Waals surface area contributed by atoms with Crippen LogP contribution in [0.1, 0.15) is 0 Å². The standard InChI is InChI=1S/C42H24B2O3/c1-3-14-27-25(12-1)26-13-2-4-15-28(26)30-17-11-23-37-39(30)43(31-18-6-5-16-29(27)31)34-24-38-40-42(41(34)47-37)46-36-22-10-8-20-33(36)44(40)32-19-7-9-21-35(32)45-38/h1-24H. The van der Waals surface area contributed by atoms with Gasteiger partial charge in [0, 0.05) is 5.46 Å². The molecule has 4 aliphatic rings. The molecule has 11 rings (SSSR count). The number of fused-ring (bicyclic) bond motifs is 14. The molecule has 0 fully saturated rings. The largest absolute Gasteiger partial charge is 0.458 e. The molecule has 7 aromatic carbocycles. The van der Waals surface area contributed by atoms with E-state index >= 15 is 0 Å². The van der Waals surface area contributed by atoms with Crippen molar-refractivity contribution < 1.29 is 14.2 Å². The van der Waals surface area contributed by atoms with E-state index < -0.39 is 0 Å². The molecule has 7 aromatic rings. The van der Waals surface area contributed by atoms with Crippen molar-refractivity contribution in [2.24, 2.45) is 0 Å². The molecule has 0 aromatic heterocycles. The third-order valence-electron chi connectivity index (χ3n) is 10.3. The van der Waals surface area contributed by atoms with Gasteiger partial charge in [-0.05, 0) is 79.5 Å². The number of para-hydroxylation sites is 2. The van der Waals surface area contributed by atoms with Gasteiger partial charge >= 0.3 is 0 Å². The summed E-state index contributed by atoms with van der Waals surface area (Å²) in [7, 11) is 0. The lowest BCUT2D eigenvalue weighted by Crippen LogP contribution is -2.60. The summed E-state index contributed by atoms with van der Waals surface area (Å²) in [5, 5.41) is 0. The van der Waals surface area contributed by atoms with Crippen LogP contribution >= 0.6 is 0 Å². The highest BCUT2D eigenvalue weighted by Crippen LogP contribution is 2.45. The summed E-state index contributed by atoms with van der Waals surface area (Å²) in [5.41, 5.74) is 13.9. The molecule has 3 nitrogen and oxygen atoms in total. The molecule has 0 bridgehead atoms. The molecule has 0 saturated carbocycles. The zero-order valence-electron chi connectivity index (χ0n) is 25.2. The summed E-state index contributed by atoms with van der Waals surface area (Å²) >= 11 is 0. The van der Waals surface area contributed by atoms with E-state index in [0.29, 0.717) is 0 Å². The second-order valence-electron chi connectivity index (χ2n) is 12.7. The molecule has 5 heteroatoms. The van der Waals surface area contributed by atoms with Gasteiger partial charge in [0.1, 0.15) is 23.0 Å². The van der Waals surface area contributed by atoms with Crippen LogP contribution in [-0.2, 0) is 0 Å². The third kappa shape index (κ3) is 3.38. The summed E-state index contributed by atoms with van der Waals surface area (Å²) in [6.07, 6.45) is 0. The highest BCUT2D eigenvalue weighted by molar-refractivity contribution is 7.00. The van der Waals surface area contributed by atoms with Crippen LogP contribution in [0, 0.1) is 0 Å². The van der Waals surface area contributed by atoms with Gasteiger partial charge in [0.05, 0.1) is 0 Å². The van der Waals surface area contributed by atoms with Crippen molar-refractivity contribution in [3.63, 3.8) is 0 Å². The molecule has 0 saturated heterocycles. The smallest absolute Gasteiger partial charge is 0.260 e. The first-order chi connectivity index (χ1) is 23.3. The van der Waals surface area contributed by atoms with Crippen molar-refractivity contribution in [1.29, 1.82) is 0 Å². The highest BCUT2D eigenvalue weighted by atomic mass is 16.5. The van der Waals surface area contributed by atoms with Crippen molar-refractivity contribution in [1.82, 2.24) is 0 Å². The van der Waals surface area contributed by atoms with Gasteiger partial charge in [-0.3, -0.25) is 0 Å². The van der Waals surface area contributed by atoms with Crippen LogP contribution in [0.4, 0.5) is 0 Å². The average molecular weight is 598 g/mol. The fourth-order valence-electron chi connectivity index (χ4n) is 8.41. The molecular formula is C42H24B2O3. The van der Waals surface area contributed by atoms with Gasteiger partial charge in [-0.1, -0.05) is 127 Å². The second kappa shape index (κ2) is 9.31. The van der Waals surface area contributed by atoms with E-state index in [2.05, 4.69) is 133 Å². The van der Waals surface area contributed by atoms with Crippen LogP contribution in [0.3, 0.4) is 0 Å². The maximum absolute atomic E-state index is 7.06. The van der Waals surface area contributed by atoms with Gasteiger partial charge in [-0.15, -0.1) is 0 Å². The minimum Gasteiger partial charge on any atom is -0.458 e. The quantitative estimate of drug-likeness (QED) is 0.191. The Morgan fingerprint density at radius 2 is 0.766 bits per heavy atom. The van der Waals surface area contributed by atoms with Gasteiger partial charge in [-0.2, -0.15) is 0 Å². The predicted molar refractivity (Wildman–Crippen MR) is 192 cm³/mol. The fourth-order valence-corrected chi connectivity index (χ4v) is 8.41. The maximum atomic E-state index is 7.06. The molecule has 0 unspecified atom stereocenters. The molecule has 4 heterocycles. The Labute approximate surface area is 273 Å². The molecule has 0 amide bonds. The van der Waals surface area contributed by atoms with Crippen molar-refractivity contribution in [2.45, 2.75) is 0 Å². The van der Waals surface area contributed by atoms with Crippen LogP contribution in [0.15, 0.2) is 146 Å². The Morgan fingerprint density at radius 1 is 0.298 bits per heavy atom. The first-order valence-electron chi connectivity index (χ1n) is 16.2. The molecule has 216 valence electrons. The van der Waals surface area contributed by atoms with Gasteiger partial charge in [0.2, 0.25) is 0 Å². The first-order valence-corrected chi connectivity index (χ1v) is 16.2. The van der Waals surface area contributed by atoms with E-state index in [1.165, 1.54) is 38.8 Å². The van der Waals surface area contributed by atoms with Crippen LogP contribution in [-0.4, -0.2) is 13.4 Å². The number of hydrogen-bond donors (Lipinski definition) is 0. The fraction of sp³-hybridized carbons (Fsp3) is 0. The Hall–Kier alpha value is -5.93. The van der Waals surface area contributed by atoms with E-state index in [1.54, 1.807) is 0 Å². The average Bonchev–Trinajstić information content (AvgIpc) is 3.17. The normalized spacial score (nSPS) is 13.5. The Kier molecular flexibility index (Phi) is 5.01. The predicted octanol–water partition coefficient (Wildman–Crippen LogP) is 6.35. The van der Waals surface area contributed by atoms with E-state index in [-0.39, 0.29) is 13.4 Å². The number of benzene rings is 7. The Morgan fingerprint density at radius 3 is 1.47 bits per heavy atom. The van der Waals surface area contributed by atoms with Crippen molar-refractivity contribution in [3.05, 3.63) is 146 Å². The third-order valence-corrected chi connectivity index (χ3v) is 10.3. The molecule has 47 heavy (non-hydrogen) atoms. The minimum absolute atomic E-state index is 0.0249. The lowest BCUT2D eigenvalue weighted by molar-refractivity contribution is 0.418. The van der Waals surface area contributed by atoms with E-state index in [0.717, 1.165) is 61.8 Å². The molecule has 0 atom stereocenters. The van der Waals surface area contributed by atoms with Gasteiger partial charge in [-0.25, -0.2) is 0 Å². The van der Waals surface area contributed by atoms with Crippen LogP contribution < -0.4 is 47.0 Å². The number of ether oxygens (including phenoxy) is 3. The number of hydrogen-bond acceptors (Lipinski definition) is 3. The molecule has 0 radical (unpaired) electrons. The summed E-state index contributed by atoms with van der Waals surface area (Å²) in [6, 6.07) is 51.8. The van der Waals surface area contributed by atoms with E-state index in [1.807, 2.05) is 12.1 Å². The van der Waals surface area contributed by atoms with Crippen LogP contribution in [0.25, 0.3) is 33.4 Å². The van der Waals surface area contributed by atoms with Crippen LogP contribution in [0.5, 0.6) is 34.5 Å². The molecular weight excluding hydrogens is 574 g/mol. The SMILES string of the molecule is c1ccc2c(c1)Oc1cc3c(c4c1B2c1ccccc1O4)Oc1cccc2c1B3c1ccccc1-c1ccccc1-c1ccccc1-2. The summed E-state index contributed by atoms with van der Waals surface area (Å²) in [6.45, 7) is -0.162. The van der Waals surface area contributed by atoms with Crippen molar-refractivity contribution in [3.8, 4) is 67.9 Å². The number of rotatable bonds is 0. The Bertz CT molecular complexity index is 2470. The molecule has 4 aliphatic heterocycles. The second-order valence-corrected chi connectivity index (χ2v) is 12.7. The molecule has 0 N–H and O–H groups in total. The summed E-state index contributed by atoms with van der Waals surface area (Å²) in [4.78, 5) is 0. The van der Waals surface area contributed by atoms with E-state index in [9.17, 15) is 0 Å². The summed E-state index contributed by atoms with van der Waals surface area (Å²) < 4.78 is 20.7. The lowest BCUT2D eigenvalue weighted by atomic mass is 9.32. The van der Waals surface area contributed by atoms with Gasteiger partial charge in [0.25, 0.3) is 13.4 Å². The summed E-state index contributed by atoms with van der Waals surface area (Å²) in [5.74, 6) is 4.90. The van der Waals surface area contributed by atoms with E-state index in [4.69, 9.17) is 14.2 Å². The highest BCUT2D eigenvalue weighted by Gasteiger charge is 2.46. The molecule has 0 aliphatic carbocycles. The first kappa shape index (κ1) is 25.3. The lowest BCUT2D eigenvalue weighted by Gasteiger charge is -2.37.